The first-order valence-electron chi connectivity index (χ1n) is 15.0. The average molecular weight is 664 g/mol. The fourth-order valence-electron chi connectivity index (χ4n) is 5.95. The number of pyridine rings is 1. The highest BCUT2D eigenvalue weighted by Crippen LogP contribution is 2.38. The Labute approximate surface area is 269 Å². The van der Waals surface area contributed by atoms with Gasteiger partial charge in [0.1, 0.15) is 23.7 Å². The number of aromatic nitrogens is 3. The molecule has 2 aliphatic rings. The van der Waals surface area contributed by atoms with Gasteiger partial charge in [0.2, 0.25) is 11.3 Å². The minimum absolute atomic E-state index is 0.0137. The van der Waals surface area contributed by atoms with E-state index < -0.39 is 29.3 Å². The standard InChI is InChI=1S/C31H37ClF3N7O4/c1-7-20-26(40-12-13-41(22-11-10-21(22)40)29(45)46-30(2,3)4)27(44)25-28(36-15-23(38-25)39(5)6)42(20)16-24(43)37-19-9-8-17(14-18(19)32)31(33,34)35/h8-9,14-15,21-22H,7,10-13,16H2,1-6H3,(H,37,43)/t21-,22-/m1/s1. The predicted molar refractivity (Wildman–Crippen MR) is 170 cm³/mol. The van der Waals surface area contributed by atoms with Crippen LogP contribution in [-0.2, 0) is 28.7 Å². The summed E-state index contributed by atoms with van der Waals surface area (Å²) in [7, 11) is 3.54. The topological polar surface area (TPSA) is 113 Å². The number of nitrogens with one attached hydrogen (secondary N) is 1. The van der Waals surface area contributed by atoms with E-state index in [1.165, 1.54) is 6.20 Å². The molecule has 2 aromatic heterocycles. The molecule has 3 aromatic rings. The summed E-state index contributed by atoms with van der Waals surface area (Å²) < 4.78 is 46.7. The van der Waals surface area contributed by atoms with E-state index in [4.69, 9.17) is 16.3 Å². The first-order valence-corrected chi connectivity index (χ1v) is 15.4. The number of anilines is 3. The molecular formula is C31H37ClF3N7O4. The zero-order valence-electron chi connectivity index (χ0n) is 26.5. The fraction of sp³-hybridized carbons (Fsp3) is 0.516. The van der Waals surface area contributed by atoms with E-state index in [9.17, 15) is 27.6 Å². The van der Waals surface area contributed by atoms with Crippen LogP contribution < -0.4 is 20.5 Å². The molecule has 11 nitrogen and oxygen atoms in total. The zero-order chi connectivity index (χ0) is 33.7. The molecule has 0 bridgehead atoms. The SMILES string of the molecule is CCc1c(N2CCN(C(=O)OC(C)(C)C)[C@@H]3CC[C@H]32)c(=O)c2nc(N(C)C)cnc2n1CC(=O)Nc1ccc(C(F)(F)F)cc1Cl. The van der Waals surface area contributed by atoms with Gasteiger partial charge in [-0.2, -0.15) is 13.2 Å². The van der Waals surface area contributed by atoms with Crippen molar-refractivity contribution < 1.29 is 27.5 Å². The fourth-order valence-corrected chi connectivity index (χ4v) is 6.18. The Balaban J connectivity index is 1.54. The van der Waals surface area contributed by atoms with E-state index in [0.29, 0.717) is 36.7 Å². The van der Waals surface area contributed by atoms with Gasteiger partial charge in [0, 0.05) is 38.9 Å². The second kappa shape index (κ2) is 12.3. The van der Waals surface area contributed by atoms with Crippen LogP contribution in [0.15, 0.2) is 29.2 Å². The molecule has 1 aromatic carbocycles. The van der Waals surface area contributed by atoms with Crippen LogP contribution in [-0.4, -0.2) is 76.3 Å². The maximum Gasteiger partial charge on any atom is 0.416 e. The van der Waals surface area contributed by atoms with E-state index in [-0.39, 0.29) is 45.9 Å². The Kier molecular flexibility index (Phi) is 8.88. The van der Waals surface area contributed by atoms with E-state index in [2.05, 4.69) is 15.3 Å². The number of hydrogen-bond acceptors (Lipinski definition) is 8. The summed E-state index contributed by atoms with van der Waals surface area (Å²) in [5.74, 6) is -0.134. The number of nitrogens with zero attached hydrogens (tertiary/aromatic N) is 6. The number of alkyl halides is 3. The van der Waals surface area contributed by atoms with Gasteiger partial charge in [-0.25, -0.2) is 14.8 Å². The number of piperazine rings is 1. The van der Waals surface area contributed by atoms with Gasteiger partial charge in [0.25, 0.3) is 0 Å². The maximum atomic E-state index is 14.3. The van der Waals surface area contributed by atoms with Crippen LogP contribution in [0.3, 0.4) is 0 Å². The van der Waals surface area contributed by atoms with Crippen LogP contribution in [0.25, 0.3) is 11.2 Å². The van der Waals surface area contributed by atoms with E-state index in [1.807, 2.05) is 32.6 Å². The summed E-state index contributed by atoms with van der Waals surface area (Å²) in [4.78, 5) is 55.3. The lowest BCUT2D eigenvalue weighted by Crippen LogP contribution is -2.67. The highest BCUT2D eigenvalue weighted by Gasteiger charge is 2.47. The van der Waals surface area contributed by atoms with Crippen molar-refractivity contribution in [3.8, 4) is 0 Å². The van der Waals surface area contributed by atoms with Gasteiger partial charge >= 0.3 is 12.3 Å². The Hall–Kier alpha value is -4.07. The number of hydrogen-bond donors (Lipinski definition) is 1. The van der Waals surface area contributed by atoms with Crippen molar-refractivity contribution in [1.82, 2.24) is 19.4 Å². The zero-order valence-corrected chi connectivity index (χ0v) is 27.3. The molecule has 0 spiro atoms. The highest BCUT2D eigenvalue weighted by molar-refractivity contribution is 6.33. The van der Waals surface area contributed by atoms with Gasteiger partial charge in [-0.05, 0) is 58.2 Å². The quantitative estimate of drug-likeness (QED) is 0.377. The molecule has 5 rings (SSSR count). The Morgan fingerprint density at radius 1 is 1.13 bits per heavy atom. The summed E-state index contributed by atoms with van der Waals surface area (Å²) in [5.41, 5.74) is -0.696. The molecule has 2 fully saturated rings. The third-order valence-electron chi connectivity index (χ3n) is 8.19. The van der Waals surface area contributed by atoms with Crippen LogP contribution in [0.2, 0.25) is 5.02 Å². The Bertz CT molecular complexity index is 1740. The number of benzene rings is 1. The molecular weight excluding hydrogens is 627 g/mol. The predicted octanol–water partition coefficient (Wildman–Crippen LogP) is 5.32. The lowest BCUT2D eigenvalue weighted by atomic mass is 9.81. The normalized spacial score (nSPS) is 18.2. The van der Waals surface area contributed by atoms with Gasteiger partial charge < -0.3 is 29.3 Å². The molecule has 1 N–H and O–H groups in total. The van der Waals surface area contributed by atoms with E-state index in [1.54, 1.807) is 28.5 Å². The molecule has 46 heavy (non-hydrogen) atoms. The second-order valence-electron chi connectivity index (χ2n) is 12.7. The van der Waals surface area contributed by atoms with Gasteiger partial charge in [0.05, 0.1) is 28.5 Å². The van der Waals surface area contributed by atoms with Crippen LogP contribution >= 0.6 is 11.6 Å². The van der Waals surface area contributed by atoms with Crippen molar-refractivity contribution in [1.29, 1.82) is 0 Å². The van der Waals surface area contributed by atoms with Crippen molar-refractivity contribution in [2.24, 2.45) is 0 Å². The van der Waals surface area contributed by atoms with E-state index in [0.717, 1.165) is 31.0 Å². The minimum Gasteiger partial charge on any atom is -0.444 e. The summed E-state index contributed by atoms with van der Waals surface area (Å²) in [6.07, 6.45) is -1.62. The molecule has 2 amide bonds. The molecule has 248 valence electrons. The first kappa shape index (κ1) is 33.3. The van der Waals surface area contributed by atoms with E-state index >= 15 is 0 Å². The smallest absolute Gasteiger partial charge is 0.416 e. The largest absolute Gasteiger partial charge is 0.444 e. The summed E-state index contributed by atoms with van der Waals surface area (Å²) in [5, 5.41) is 2.33. The molecule has 1 aliphatic heterocycles. The van der Waals surface area contributed by atoms with Gasteiger partial charge in [-0.15, -0.1) is 0 Å². The highest BCUT2D eigenvalue weighted by atomic mass is 35.5. The van der Waals surface area contributed by atoms with Gasteiger partial charge in [-0.3, -0.25) is 9.59 Å². The molecule has 1 saturated heterocycles. The van der Waals surface area contributed by atoms with Crippen molar-refractivity contribution in [3.63, 3.8) is 0 Å². The molecule has 15 heteroatoms. The molecule has 1 aliphatic carbocycles. The van der Waals surface area contributed by atoms with Gasteiger partial charge in [-0.1, -0.05) is 18.5 Å². The Morgan fingerprint density at radius 2 is 1.83 bits per heavy atom. The first-order chi connectivity index (χ1) is 21.5. The number of fused-ring (bicyclic) bond motifs is 2. The number of halogens is 4. The van der Waals surface area contributed by atoms with Crippen molar-refractivity contribution in [3.05, 3.63) is 50.9 Å². The van der Waals surface area contributed by atoms with Crippen molar-refractivity contribution in [2.45, 2.75) is 77.4 Å². The lowest BCUT2D eigenvalue weighted by Gasteiger charge is -2.54. The molecule has 2 atom stereocenters. The number of carbonyl (C=O) groups is 2. The lowest BCUT2D eigenvalue weighted by molar-refractivity contribution is -0.137. The van der Waals surface area contributed by atoms with Crippen molar-refractivity contribution in [2.75, 3.05) is 42.3 Å². The molecule has 3 heterocycles. The maximum absolute atomic E-state index is 14.3. The third-order valence-corrected chi connectivity index (χ3v) is 8.50. The second-order valence-corrected chi connectivity index (χ2v) is 13.1. The number of carbonyl (C=O) groups excluding carboxylic acids is 2. The molecule has 0 unspecified atom stereocenters. The summed E-state index contributed by atoms with van der Waals surface area (Å²) >= 11 is 6.10. The van der Waals surface area contributed by atoms with Crippen LogP contribution in [0, 0.1) is 0 Å². The number of ether oxygens (including phenoxy) is 1. The third kappa shape index (κ3) is 6.44. The summed E-state index contributed by atoms with van der Waals surface area (Å²) in [6, 6.07) is 2.40. The van der Waals surface area contributed by atoms with Crippen LogP contribution in [0.4, 0.5) is 35.2 Å². The summed E-state index contributed by atoms with van der Waals surface area (Å²) in [6.45, 7) is 7.70. The minimum atomic E-state index is -4.59. The molecule has 1 saturated carbocycles. The average Bonchev–Trinajstić information content (AvgIpc) is 2.93. The van der Waals surface area contributed by atoms with Crippen molar-refractivity contribution >= 4 is 52.0 Å². The Morgan fingerprint density at radius 3 is 2.39 bits per heavy atom. The van der Waals surface area contributed by atoms with Crippen LogP contribution in [0.5, 0.6) is 0 Å². The number of rotatable bonds is 6. The number of amides is 2. The molecule has 0 radical (unpaired) electrons. The van der Waals surface area contributed by atoms with Gasteiger partial charge in [0.15, 0.2) is 11.2 Å². The monoisotopic (exact) mass is 663 g/mol. The van der Waals surface area contributed by atoms with Crippen LogP contribution in [0.1, 0.15) is 51.8 Å².